The fourth-order valence-electron chi connectivity index (χ4n) is 4.54. The number of Topliss-reactive ketones (excluding diaryl/α,β-unsaturated/α-hetero) is 1. The van der Waals surface area contributed by atoms with Gasteiger partial charge in [-0.2, -0.15) is 0 Å². The monoisotopic (exact) mass is 297 g/mol. The van der Waals surface area contributed by atoms with E-state index in [2.05, 4.69) is 71.0 Å². The highest BCUT2D eigenvalue weighted by Gasteiger charge is 2.63. The smallest absolute Gasteiger partial charge is 0.165 e. The summed E-state index contributed by atoms with van der Waals surface area (Å²) in [6.45, 7) is 8.83. The van der Waals surface area contributed by atoms with Crippen LogP contribution in [0.5, 0.6) is 0 Å². The third-order valence-corrected chi connectivity index (χ3v) is 6.39. The van der Waals surface area contributed by atoms with Crippen molar-refractivity contribution in [3.8, 4) is 0 Å². The fraction of sp³-hybridized carbons (Fsp3) is 0.550. The topological polar surface area (TPSA) is 20.3 Å². The summed E-state index contributed by atoms with van der Waals surface area (Å²) in [5.41, 5.74) is 4.61. The molecule has 0 radical (unpaired) electrons. The zero-order chi connectivity index (χ0) is 16.3. The van der Waals surface area contributed by atoms with Crippen LogP contribution in [0.1, 0.15) is 44.7 Å². The van der Waals surface area contributed by atoms with Crippen LogP contribution in [-0.2, 0) is 4.79 Å². The average molecular weight is 297 g/mol. The van der Waals surface area contributed by atoms with E-state index in [1.54, 1.807) is 0 Å². The van der Waals surface area contributed by atoms with Gasteiger partial charge in [-0.15, -0.1) is 0 Å². The minimum absolute atomic E-state index is 0.0918. The van der Waals surface area contributed by atoms with Crippen LogP contribution in [0, 0.1) is 23.7 Å². The van der Waals surface area contributed by atoms with Gasteiger partial charge in [0, 0.05) is 25.2 Å². The molecule has 118 valence electrons. The van der Waals surface area contributed by atoms with Crippen LogP contribution in [0.15, 0.2) is 23.8 Å². The van der Waals surface area contributed by atoms with E-state index in [0.29, 0.717) is 11.7 Å². The van der Waals surface area contributed by atoms with E-state index in [0.717, 1.165) is 24.0 Å². The quantitative estimate of drug-likeness (QED) is 0.751. The predicted molar refractivity (Wildman–Crippen MR) is 93.1 cm³/mol. The maximum Gasteiger partial charge on any atom is 0.165 e. The average Bonchev–Trinajstić information content (AvgIpc) is 2.73. The summed E-state index contributed by atoms with van der Waals surface area (Å²) in [5.74, 6) is 0.793. The number of carbonyl (C=O) groups excluding carboxylic acids is 1. The molecule has 0 saturated heterocycles. The molecule has 2 nitrogen and oxygen atoms in total. The summed E-state index contributed by atoms with van der Waals surface area (Å²) in [7, 11) is 4.12. The Balaban J connectivity index is 2.01. The van der Waals surface area contributed by atoms with Crippen LogP contribution >= 0.6 is 0 Å². The molecule has 1 aromatic carbocycles. The van der Waals surface area contributed by atoms with E-state index in [1.165, 1.54) is 11.3 Å². The summed E-state index contributed by atoms with van der Waals surface area (Å²) in [6.07, 6.45) is 4.33. The number of rotatable bonds is 2. The molecule has 0 amide bonds. The highest BCUT2D eigenvalue weighted by Crippen LogP contribution is 2.65. The first-order chi connectivity index (χ1) is 10.2. The minimum atomic E-state index is -0.165. The molecule has 22 heavy (non-hydrogen) atoms. The van der Waals surface area contributed by atoms with E-state index < -0.39 is 0 Å². The lowest BCUT2D eigenvalue weighted by atomic mass is 9.70. The molecule has 2 aliphatic carbocycles. The molecule has 2 unspecified atom stereocenters. The second-order valence-electron chi connectivity index (χ2n) is 8.01. The van der Waals surface area contributed by atoms with Crippen LogP contribution in [-0.4, -0.2) is 19.9 Å². The maximum absolute atomic E-state index is 12.9. The fourth-order valence-corrected chi connectivity index (χ4v) is 4.54. The van der Waals surface area contributed by atoms with Crippen LogP contribution < -0.4 is 4.90 Å². The molecule has 2 aliphatic rings. The summed E-state index contributed by atoms with van der Waals surface area (Å²) < 4.78 is 0. The van der Waals surface area contributed by atoms with E-state index in [9.17, 15) is 4.79 Å². The first-order valence-electron chi connectivity index (χ1n) is 8.23. The second kappa shape index (κ2) is 4.71. The molecule has 0 N–H and O–H groups in total. The summed E-state index contributed by atoms with van der Waals surface area (Å²) in [4.78, 5) is 15.0. The van der Waals surface area contributed by atoms with Gasteiger partial charge in [0.05, 0.1) is 0 Å². The standard InChI is InChI=1S/C20H27NO/c1-13-11-14(7-8-17(13)21(5)6)12-15-16-9-10-20(4,18(15)22)19(16,2)3/h7-8,11-12,16H,9-10H2,1-6H3. The summed E-state index contributed by atoms with van der Waals surface area (Å²) >= 11 is 0. The number of nitrogens with zero attached hydrogens (tertiary/aromatic N) is 1. The van der Waals surface area contributed by atoms with Crippen molar-refractivity contribution in [2.24, 2.45) is 16.7 Å². The first-order valence-corrected chi connectivity index (χ1v) is 8.23. The zero-order valence-corrected chi connectivity index (χ0v) is 14.7. The lowest BCUT2D eigenvalue weighted by molar-refractivity contribution is -0.125. The third-order valence-electron chi connectivity index (χ3n) is 6.39. The number of benzene rings is 1. The number of hydrogen-bond acceptors (Lipinski definition) is 2. The predicted octanol–water partition coefficient (Wildman–Crippen LogP) is 4.47. The number of ketones is 1. The van der Waals surface area contributed by atoms with Crippen molar-refractivity contribution in [3.63, 3.8) is 0 Å². The lowest BCUT2D eigenvalue weighted by Gasteiger charge is -2.31. The van der Waals surface area contributed by atoms with Gasteiger partial charge in [-0.25, -0.2) is 0 Å². The maximum atomic E-state index is 12.9. The normalized spacial score (nSPS) is 31.1. The van der Waals surface area contributed by atoms with Crippen molar-refractivity contribution in [2.75, 3.05) is 19.0 Å². The van der Waals surface area contributed by atoms with Gasteiger partial charge in [-0.3, -0.25) is 4.79 Å². The molecular weight excluding hydrogens is 270 g/mol. The summed E-state index contributed by atoms with van der Waals surface area (Å²) in [6, 6.07) is 6.47. The number of fused-ring (bicyclic) bond motifs is 2. The van der Waals surface area contributed by atoms with E-state index in [-0.39, 0.29) is 10.8 Å². The molecule has 1 aromatic rings. The number of aryl methyl sites for hydroxylation is 1. The van der Waals surface area contributed by atoms with Crippen molar-refractivity contribution in [2.45, 2.75) is 40.5 Å². The second-order valence-corrected chi connectivity index (χ2v) is 8.01. The van der Waals surface area contributed by atoms with Crippen LogP contribution in [0.2, 0.25) is 0 Å². The van der Waals surface area contributed by atoms with Gasteiger partial charge in [0.1, 0.15) is 0 Å². The van der Waals surface area contributed by atoms with E-state index in [4.69, 9.17) is 0 Å². The Labute approximate surface area is 134 Å². The molecule has 0 aromatic heterocycles. The Morgan fingerprint density at radius 2 is 1.91 bits per heavy atom. The van der Waals surface area contributed by atoms with Gasteiger partial charge in [0.15, 0.2) is 5.78 Å². The van der Waals surface area contributed by atoms with Crippen molar-refractivity contribution in [3.05, 3.63) is 34.9 Å². The highest BCUT2D eigenvalue weighted by atomic mass is 16.1. The lowest BCUT2D eigenvalue weighted by Crippen LogP contribution is -2.32. The van der Waals surface area contributed by atoms with Crippen molar-refractivity contribution in [1.29, 1.82) is 0 Å². The van der Waals surface area contributed by atoms with E-state index >= 15 is 0 Å². The Morgan fingerprint density at radius 3 is 2.41 bits per heavy atom. The molecular formula is C20H27NO. The van der Waals surface area contributed by atoms with Crippen LogP contribution in [0.25, 0.3) is 6.08 Å². The van der Waals surface area contributed by atoms with Gasteiger partial charge < -0.3 is 4.90 Å². The van der Waals surface area contributed by atoms with Gasteiger partial charge in [-0.05, 0) is 66.0 Å². The Bertz CT molecular complexity index is 668. The third kappa shape index (κ3) is 1.89. The minimum Gasteiger partial charge on any atom is -0.377 e. The van der Waals surface area contributed by atoms with Crippen LogP contribution in [0.3, 0.4) is 0 Å². The number of anilines is 1. The van der Waals surface area contributed by atoms with Gasteiger partial charge in [0.25, 0.3) is 0 Å². The first kappa shape index (κ1) is 15.3. The van der Waals surface area contributed by atoms with Crippen molar-refractivity contribution in [1.82, 2.24) is 0 Å². The van der Waals surface area contributed by atoms with Crippen molar-refractivity contribution < 1.29 is 4.79 Å². The molecule has 2 fully saturated rings. The zero-order valence-electron chi connectivity index (χ0n) is 14.7. The molecule has 2 heteroatoms. The number of allylic oxidation sites excluding steroid dienone is 1. The largest absolute Gasteiger partial charge is 0.377 e. The Morgan fingerprint density at radius 1 is 1.23 bits per heavy atom. The SMILES string of the molecule is Cc1cc(C=C2C(=O)C3(C)CCC2C3(C)C)ccc1N(C)C. The molecule has 2 bridgehead atoms. The van der Waals surface area contributed by atoms with Gasteiger partial charge in [-0.1, -0.05) is 26.8 Å². The Hall–Kier alpha value is -1.57. The molecule has 0 spiro atoms. The van der Waals surface area contributed by atoms with E-state index in [1.807, 2.05) is 0 Å². The van der Waals surface area contributed by atoms with Crippen LogP contribution in [0.4, 0.5) is 5.69 Å². The summed E-state index contributed by atoms with van der Waals surface area (Å²) in [5, 5.41) is 0. The number of hydrogen-bond donors (Lipinski definition) is 0. The molecule has 0 heterocycles. The molecule has 2 atom stereocenters. The van der Waals surface area contributed by atoms with Crippen molar-refractivity contribution >= 4 is 17.5 Å². The van der Waals surface area contributed by atoms with Gasteiger partial charge in [0.2, 0.25) is 0 Å². The highest BCUT2D eigenvalue weighted by molar-refractivity contribution is 6.08. The number of carbonyl (C=O) groups is 1. The molecule has 3 rings (SSSR count). The Kier molecular flexibility index (Phi) is 3.28. The molecule has 2 saturated carbocycles. The van der Waals surface area contributed by atoms with Gasteiger partial charge >= 0.3 is 0 Å². The molecule has 0 aliphatic heterocycles.